The topological polar surface area (TPSA) is 183 Å². The predicted molar refractivity (Wildman–Crippen MR) is 189 cm³/mol. The molecule has 0 aliphatic heterocycles. The van der Waals surface area contributed by atoms with Gasteiger partial charge in [0.1, 0.15) is 31.5 Å². The molecule has 4 aliphatic carbocycles. The molecular weight excluding hydrogens is 640 g/mol. The molecular formula is C38H67N4O8+. The van der Waals surface area contributed by atoms with Gasteiger partial charge in [-0.2, -0.15) is 0 Å². The first-order valence-electron chi connectivity index (χ1n) is 19.2. The van der Waals surface area contributed by atoms with Gasteiger partial charge in [-0.15, -0.1) is 0 Å². The zero-order valence-corrected chi connectivity index (χ0v) is 31.7. The zero-order valence-electron chi connectivity index (χ0n) is 31.7. The molecule has 0 aromatic carbocycles. The molecule has 0 saturated heterocycles. The van der Waals surface area contributed by atoms with Crippen LogP contribution >= 0.6 is 0 Å². The summed E-state index contributed by atoms with van der Waals surface area (Å²) in [6, 6.07) is 0. The summed E-state index contributed by atoms with van der Waals surface area (Å²) in [6.07, 6.45) is 6.23. The Labute approximate surface area is 299 Å². The fraction of sp³-hybridized carbons (Fsp3) is 0.895. The van der Waals surface area contributed by atoms with Gasteiger partial charge in [0.05, 0.1) is 40.4 Å². The number of rotatable bonds is 16. The van der Waals surface area contributed by atoms with Gasteiger partial charge in [-0.3, -0.25) is 19.2 Å². The van der Waals surface area contributed by atoms with E-state index in [1.165, 1.54) is 0 Å². The number of nitrogens with zero attached hydrogens (tertiary/aromatic N) is 1. The molecule has 4 rings (SSSR count). The summed E-state index contributed by atoms with van der Waals surface area (Å²) >= 11 is 0. The highest BCUT2D eigenvalue weighted by atomic mass is 16.6. The van der Waals surface area contributed by atoms with Gasteiger partial charge in [0.25, 0.3) is 0 Å². The molecule has 286 valence electrons. The number of quaternary nitrogens is 1. The van der Waals surface area contributed by atoms with Crippen molar-refractivity contribution in [2.75, 3.05) is 53.9 Å². The lowest BCUT2D eigenvalue weighted by Gasteiger charge is -2.64. The lowest BCUT2D eigenvalue weighted by Crippen LogP contribution is -2.63. The molecule has 0 amide bonds. The van der Waals surface area contributed by atoms with Crippen LogP contribution in [0.1, 0.15) is 97.8 Å². The van der Waals surface area contributed by atoms with E-state index in [2.05, 4.69) is 41.9 Å². The highest BCUT2D eigenvalue weighted by molar-refractivity contribution is 5.71. The van der Waals surface area contributed by atoms with Crippen LogP contribution in [0.3, 0.4) is 0 Å². The number of esters is 4. The average Bonchev–Trinajstić information content (AvgIpc) is 3.38. The van der Waals surface area contributed by atoms with Crippen LogP contribution in [0, 0.1) is 46.3 Å². The number of ether oxygens (including phenoxy) is 4. The second kappa shape index (κ2) is 17.0. The first kappa shape index (κ1) is 40.5. The van der Waals surface area contributed by atoms with Crippen LogP contribution in [-0.2, 0) is 38.1 Å². The third-order valence-corrected chi connectivity index (χ3v) is 13.2. The molecule has 4 saturated carbocycles. The number of nitrogens with two attached hydrogens (primary N) is 3. The second-order valence-corrected chi connectivity index (χ2v) is 17.3. The van der Waals surface area contributed by atoms with Gasteiger partial charge in [-0.05, 0) is 86.4 Å². The van der Waals surface area contributed by atoms with Crippen LogP contribution in [0.25, 0.3) is 0 Å². The lowest BCUT2D eigenvalue weighted by molar-refractivity contribution is -0.870. The molecule has 0 aromatic rings. The van der Waals surface area contributed by atoms with Gasteiger partial charge in [0.15, 0.2) is 0 Å². The van der Waals surface area contributed by atoms with Crippen molar-refractivity contribution in [2.24, 2.45) is 63.5 Å². The van der Waals surface area contributed by atoms with Crippen LogP contribution in [0.4, 0.5) is 0 Å². The summed E-state index contributed by atoms with van der Waals surface area (Å²) in [6.45, 7) is 8.68. The van der Waals surface area contributed by atoms with E-state index in [1.54, 1.807) is 0 Å². The monoisotopic (exact) mass is 707 g/mol. The van der Waals surface area contributed by atoms with E-state index in [4.69, 9.17) is 36.1 Å². The molecule has 0 aromatic heterocycles. The second-order valence-electron chi connectivity index (χ2n) is 17.3. The molecule has 4 fully saturated rings. The van der Waals surface area contributed by atoms with Gasteiger partial charge in [-0.1, -0.05) is 20.8 Å². The van der Waals surface area contributed by atoms with Gasteiger partial charge in [0.2, 0.25) is 0 Å². The molecule has 6 N–H and O–H groups in total. The van der Waals surface area contributed by atoms with E-state index >= 15 is 0 Å². The Morgan fingerprint density at radius 1 is 0.760 bits per heavy atom. The highest BCUT2D eigenvalue weighted by Crippen LogP contribution is 2.69. The van der Waals surface area contributed by atoms with E-state index in [1.807, 2.05) is 0 Å². The minimum absolute atomic E-state index is 0.0847. The Morgan fingerprint density at radius 3 is 2.00 bits per heavy atom. The summed E-state index contributed by atoms with van der Waals surface area (Å²) in [7, 11) is 6.21. The maximum absolute atomic E-state index is 13.2. The minimum atomic E-state index is -0.380. The molecule has 50 heavy (non-hydrogen) atoms. The van der Waals surface area contributed by atoms with Crippen molar-refractivity contribution in [2.45, 2.75) is 116 Å². The third-order valence-electron chi connectivity index (χ3n) is 13.2. The molecule has 7 unspecified atom stereocenters. The van der Waals surface area contributed by atoms with Crippen LogP contribution in [0.5, 0.6) is 0 Å². The van der Waals surface area contributed by atoms with Crippen molar-refractivity contribution in [1.82, 2.24) is 0 Å². The normalized spacial score (nSPS) is 35.5. The summed E-state index contributed by atoms with van der Waals surface area (Å²) in [5.41, 5.74) is 16.7. The number of hydrogen-bond acceptors (Lipinski definition) is 11. The average molecular weight is 708 g/mol. The third kappa shape index (κ3) is 9.19. The van der Waals surface area contributed by atoms with Crippen LogP contribution < -0.4 is 17.2 Å². The van der Waals surface area contributed by atoms with Crippen molar-refractivity contribution in [3.8, 4) is 0 Å². The molecule has 11 atom stereocenters. The maximum atomic E-state index is 13.2. The summed E-state index contributed by atoms with van der Waals surface area (Å²) in [5, 5.41) is 0. The molecule has 0 radical (unpaired) electrons. The molecule has 0 heterocycles. The van der Waals surface area contributed by atoms with E-state index in [0.717, 1.165) is 36.7 Å². The first-order chi connectivity index (χ1) is 23.6. The fourth-order valence-corrected chi connectivity index (χ4v) is 10.6. The molecule has 12 heteroatoms. The van der Waals surface area contributed by atoms with Crippen molar-refractivity contribution in [1.29, 1.82) is 0 Å². The van der Waals surface area contributed by atoms with E-state index in [-0.39, 0.29) is 127 Å². The SMILES string of the molecule is C[C@H](CCC(=O)OCC[N+](C)(C)C)C1CCC2C3C(C[C@H](OC(=O)CCN)C21C)C1(C)CC[C@@H](OC(=O)CCN)CC1C[C@H]3OC(=O)CCN. The number of likely N-dealkylation sites (N-methyl/N-ethyl adjacent to an activating group) is 1. The van der Waals surface area contributed by atoms with E-state index in [9.17, 15) is 19.2 Å². The molecule has 4 aliphatic rings. The number of carbonyl (C=O) groups excluding carboxylic acids is 4. The smallest absolute Gasteiger partial charge is 0.307 e. The quantitative estimate of drug-likeness (QED) is 0.122. The van der Waals surface area contributed by atoms with Crippen molar-refractivity contribution in [3.63, 3.8) is 0 Å². The first-order valence-corrected chi connectivity index (χ1v) is 19.2. The number of hydrogen-bond donors (Lipinski definition) is 3. The minimum Gasteiger partial charge on any atom is -0.462 e. The Kier molecular flexibility index (Phi) is 13.8. The Morgan fingerprint density at radius 2 is 1.38 bits per heavy atom. The van der Waals surface area contributed by atoms with Crippen LogP contribution in [0.2, 0.25) is 0 Å². The van der Waals surface area contributed by atoms with Crippen LogP contribution in [0.15, 0.2) is 0 Å². The van der Waals surface area contributed by atoms with E-state index < -0.39 is 0 Å². The van der Waals surface area contributed by atoms with Crippen molar-refractivity contribution in [3.05, 3.63) is 0 Å². The Hall–Kier alpha value is -2.28. The number of carbonyl (C=O) groups is 4. The fourth-order valence-electron chi connectivity index (χ4n) is 10.6. The summed E-state index contributed by atoms with van der Waals surface area (Å²) < 4.78 is 25.0. The maximum Gasteiger partial charge on any atom is 0.307 e. The number of fused-ring (bicyclic) bond motifs is 5. The molecule has 0 bridgehead atoms. The van der Waals surface area contributed by atoms with Gasteiger partial charge in [0, 0.05) is 37.4 Å². The van der Waals surface area contributed by atoms with E-state index in [0.29, 0.717) is 38.7 Å². The van der Waals surface area contributed by atoms with Crippen LogP contribution in [-0.4, -0.2) is 101 Å². The largest absolute Gasteiger partial charge is 0.462 e. The van der Waals surface area contributed by atoms with Gasteiger partial charge < -0.3 is 40.6 Å². The van der Waals surface area contributed by atoms with Gasteiger partial charge in [-0.25, -0.2) is 0 Å². The Bertz CT molecular complexity index is 1190. The predicted octanol–water partition coefficient (Wildman–Crippen LogP) is 3.31. The molecule has 12 nitrogen and oxygen atoms in total. The lowest BCUT2D eigenvalue weighted by atomic mass is 9.43. The van der Waals surface area contributed by atoms with Crippen molar-refractivity contribution >= 4 is 23.9 Å². The van der Waals surface area contributed by atoms with Gasteiger partial charge >= 0.3 is 23.9 Å². The van der Waals surface area contributed by atoms with Crippen molar-refractivity contribution < 1.29 is 42.6 Å². The summed E-state index contributed by atoms with van der Waals surface area (Å²) in [5.74, 6) is -0.105. The zero-order chi connectivity index (χ0) is 36.9. The highest BCUT2D eigenvalue weighted by Gasteiger charge is 2.67. The molecule has 0 spiro atoms. The Balaban J connectivity index is 1.62. The standard InChI is InChI=1S/C38H67N4O8/c1-24(7-10-32(43)47-20-19-42(4,5)6)27-8-9-28-36-29(23-31(38(27,28)3)50-35(46)14-18-41)37(2)15-11-26(48-33(44)12-16-39)21-25(37)22-30(36)49-34(45)13-17-40/h24-31,36H,7-23,39-41H2,1-6H3/q+1/t24-,25?,26-,27?,28?,29?,30-,31+,36?,37?,38?/m1/s1. The summed E-state index contributed by atoms with van der Waals surface area (Å²) in [4.78, 5) is 51.5.